The van der Waals surface area contributed by atoms with Gasteiger partial charge in [-0.3, -0.25) is 0 Å². The van der Waals surface area contributed by atoms with Gasteiger partial charge in [0.2, 0.25) is 0 Å². The molecular formula is C9H10BrNO2. The van der Waals surface area contributed by atoms with Crippen molar-refractivity contribution in [3.05, 3.63) is 16.9 Å². The van der Waals surface area contributed by atoms with Crippen LogP contribution in [-0.4, -0.2) is 18.2 Å². The maximum absolute atomic E-state index is 5.59. The third-order valence-electron chi connectivity index (χ3n) is 1.84. The molecule has 1 aromatic heterocycles. The summed E-state index contributed by atoms with van der Waals surface area (Å²) in [4.78, 5) is 4.08. The molecule has 1 heterocycles. The van der Waals surface area contributed by atoms with Gasteiger partial charge in [0.1, 0.15) is 4.60 Å². The number of ether oxygens (including phenoxy) is 2. The third kappa shape index (κ3) is 2.12. The Hall–Kier alpha value is -0.770. The van der Waals surface area contributed by atoms with Gasteiger partial charge in [-0.1, -0.05) is 0 Å². The van der Waals surface area contributed by atoms with Crippen LogP contribution in [0.3, 0.4) is 0 Å². The summed E-state index contributed by atoms with van der Waals surface area (Å²) in [6, 6.07) is 1.80. The zero-order valence-electron chi connectivity index (χ0n) is 7.29. The Balaban J connectivity index is 2.21. The fraction of sp³-hybridized carbons (Fsp3) is 0.444. The fourth-order valence-corrected chi connectivity index (χ4v) is 1.32. The molecule has 0 aromatic carbocycles. The molecule has 1 saturated carbocycles. The number of halogens is 1. The Morgan fingerprint density at radius 1 is 1.46 bits per heavy atom. The lowest BCUT2D eigenvalue weighted by atomic mass is 10.4. The molecule has 3 nitrogen and oxygen atoms in total. The van der Waals surface area contributed by atoms with Gasteiger partial charge in [0.15, 0.2) is 11.5 Å². The van der Waals surface area contributed by atoms with Crippen LogP contribution in [-0.2, 0) is 0 Å². The lowest BCUT2D eigenvalue weighted by Gasteiger charge is -2.08. The number of hydrogen-bond acceptors (Lipinski definition) is 3. The van der Waals surface area contributed by atoms with Crippen molar-refractivity contribution in [3.8, 4) is 11.5 Å². The molecule has 1 aliphatic carbocycles. The first kappa shape index (κ1) is 8.81. The quantitative estimate of drug-likeness (QED) is 0.765. The number of pyridine rings is 1. The predicted molar refractivity (Wildman–Crippen MR) is 52.1 cm³/mol. The van der Waals surface area contributed by atoms with Gasteiger partial charge in [0, 0.05) is 6.07 Å². The van der Waals surface area contributed by atoms with E-state index >= 15 is 0 Å². The first-order valence-electron chi connectivity index (χ1n) is 4.16. The Morgan fingerprint density at radius 3 is 2.85 bits per heavy atom. The Bertz CT molecular complexity index is 312. The highest BCUT2D eigenvalue weighted by Gasteiger charge is 2.25. The number of methoxy groups -OCH3 is 1. The predicted octanol–water partition coefficient (Wildman–Crippen LogP) is 2.39. The van der Waals surface area contributed by atoms with Crippen LogP contribution < -0.4 is 9.47 Å². The van der Waals surface area contributed by atoms with Gasteiger partial charge >= 0.3 is 0 Å². The number of aromatic nitrogens is 1. The normalized spacial score (nSPS) is 15.5. The molecule has 0 atom stereocenters. The van der Waals surface area contributed by atoms with Gasteiger partial charge in [-0.05, 0) is 28.8 Å². The molecule has 0 aliphatic heterocycles. The lowest BCUT2D eigenvalue weighted by Crippen LogP contribution is -1.99. The standard InChI is InChI=1S/C9H10BrNO2/c1-12-7-4-9(10)11-5-8(7)13-6-2-3-6/h4-6H,2-3H2,1H3. The monoisotopic (exact) mass is 243 g/mol. The van der Waals surface area contributed by atoms with Crippen molar-refractivity contribution >= 4 is 15.9 Å². The van der Waals surface area contributed by atoms with Crippen molar-refractivity contribution in [1.82, 2.24) is 4.98 Å². The van der Waals surface area contributed by atoms with Crippen LogP contribution in [0, 0.1) is 0 Å². The highest BCUT2D eigenvalue weighted by molar-refractivity contribution is 9.10. The fourth-order valence-electron chi connectivity index (χ4n) is 1.01. The first-order chi connectivity index (χ1) is 6.29. The summed E-state index contributed by atoms with van der Waals surface area (Å²) >= 11 is 3.27. The molecule has 0 radical (unpaired) electrons. The minimum atomic E-state index is 0.372. The molecule has 0 spiro atoms. The van der Waals surface area contributed by atoms with E-state index in [0.29, 0.717) is 6.10 Å². The van der Waals surface area contributed by atoms with E-state index in [1.54, 1.807) is 19.4 Å². The molecule has 0 unspecified atom stereocenters. The molecule has 0 saturated heterocycles. The summed E-state index contributed by atoms with van der Waals surface area (Å²) in [5, 5.41) is 0. The van der Waals surface area contributed by atoms with Gasteiger partial charge in [-0.15, -0.1) is 0 Å². The lowest BCUT2D eigenvalue weighted by molar-refractivity contribution is 0.280. The van der Waals surface area contributed by atoms with E-state index in [9.17, 15) is 0 Å². The van der Waals surface area contributed by atoms with E-state index in [4.69, 9.17) is 9.47 Å². The van der Waals surface area contributed by atoms with Gasteiger partial charge in [0.05, 0.1) is 19.4 Å². The van der Waals surface area contributed by atoms with E-state index in [1.165, 1.54) is 0 Å². The van der Waals surface area contributed by atoms with Crippen molar-refractivity contribution < 1.29 is 9.47 Å². The average Bonchev–Trinajstić information content (AvgIpc) is 2.92. The van der Waals surface area contributed by atoms with E-state index in [2.05, 4.69) is 20.9 Å². The van der Waals surface area contributed by atoms with Gasteiger partial charge in [0.25, 0.3) is 0 Å². The van der Waals surface area contributed by atoms with Crippen molar-refractivity contribution in [2.24, 2.45) is 0 Å². The summed E-state index contributed by atoms with van der Waals surface area (Å²) < 4.78 is 11.5. The van der Waals surface area contributed by atoms with Crippen LogP contribution in [0.4, 0.5) is 0 Å². The maximum atomic E-state index is 5.59. The van der Waals surface area contributed by atoms with E-state index in [1.807, 2.05) is 0 Å². The van der Waals surface area contributed by atoms with Crippen molar-refractivity contribution in [1.29, 1.82) is 0 Å². The van der Waals surface area contributed by atoms with Crippen LogP contribution in [0.2, 0.25) is 0 Å². The zero-order valence-corrected chi connectivity index (χ0v) is 8.87. The topological polar surface area (TPSA) is 31.4 Å². The number of rotatable bonds is 3. The molecule has 1 aliphatic rings. The second-order valence-electron chi connectivity index (χ2n) is 2.98. The van der Waals surface area contributed by atoms with Crippen molar-refractivity contribution in [2.45, 2.75) is 18.9 Å². The van der Waals surface area contributed by atoms with Crippen molar-refractivity contribution in [3.63, 3.8) is 0 Å². The van der Waals surface area contributed by atoms with E-state index in [-0.39, 0.29) is 0 Å². The molecule has 4 heteroatoms. The smallest absolute Gasteiger partial charge is 0.179 e. The summed E-state index contributed by atoms with van der Waals surface area (Å²) in [6.45, 7) is 0. The molecule has 0 N–H and O–H groups in total. The molecule has 70 valence electrons. The Labute approximate surface area is 85.2 Å². The Kier molecular flexibility index (Phi) is 2.40. The first-order valence-corrected chi connectivity index (χ1v) is 4.95. The molecule has 0 amide bonds. The van der Waals surface area contributed by atoms with Crippen LogP contribution in [0.25, 0.3) is 0 Å². The van der Waals surface area contributed by atoms with Gasteiger partial charge < -0.3 is 9.47 Å². The number of hydrogen-bond donors (Lipinski definition) is 0. The molecule has 2 rings (SSSR count). The zero-order chi connectivity index (χ0) is 9.26. The molecule has 0 bridgehead atoms. The largest absolute Gasteiger partial charge is 0.493 e. The third-order valence-corrected chi connectivity index (χ3v) is 2.27. The summed E-state index contributed by atoms with van der Waals surface area (Å²) in [7, 11) is 1.63. The van der Waals surface area contributed by atoms with E-state index in [0.717, 1.165) is 28.9 Å². The summed E-state index contributed by atoms with van der Waals surface area (Å²) in [5.41, 5.74) is 0. The van der Waals surface area contributed by atoms with Crippen molar-refractivity contribution in [2.75, 3.05) is 7.11 Å². The second-order valence-corrected chi connectivity index (χ2v) is 3.79. The second kappa shape index (κ2) is 3.54. The highest BCUT2D eigenvalue weighted by atomic mass is 79.9. The highest BCUT2D eigenvalue weighted by Crippen LogP contribution is 2.33. The Morgan fingerprint density at radius 2 is 2.23 bits per heavy atom. The SMILES string of the molecule is COc1cc(Br)ncc1OC1CC1. The maximum Gasteiger partial charge on any atom is 0.179 e. The van der Waals surface area contributed by atoms with Crippen LogP contribution in [0.5, 0.6) is 11.5 Å². The van der Waals surface area contributed by atoms with Crippen LogP contribution >= 0.6 is 15.9 Å². The summed E-state index contributed by atoms with van der Waals surface area (Å²) in [6.07, 6.45) is 4.33. The molecule has 1 fully saturated rings. The van der Waals surface area contributed by atoms with Crippen LogP contribution in [0.1, 0.15) is 12.8 Å². The minimum Gasteiger partial charge on any atom is -0.493 e. The van der Waals surface area contributed by atoms with Crippen LogP contribution in [0.15, 0.2) is 16.9 Å². The van der Waals surface area contributed by atoms with E-state index < -0.39 is 0 Å². The molecule has 1 aromatic rings. The van der Waals surface area contributed by atoms with Gasteiger partial charge in [-0.25, -0.2) is 4.98 Å². The minimum absolute atomic E-state index is 0.372. The van der Waals surface area contributed by atoms with Gasteiger partial charge in [-0.2, -0.15) is 0 Å². The number of nitrogens with zero attached hydrogens (tertiary/aromatic N) is 1. The molecular weight excluding hydrogens is 234 g/mol. The average molecular weight is 244 g/mol. The molecule has 13 heavy (non-hydrogen) atoms. The summed E-state index contributed by atoms with van der Waals surface area (Å²) in [5.74, 6) is 1.46.